The molecule has 0 unspecified atom stereocenters. The van der Waals surface area contributed by atoms with E-state index in [1.807, 2.05) is 0 Å². The van der Waals surface area contributed by atoms with Gasteiger partial charge in [0.15, 0.2) is 9.70 Å². The maximum absolute atomic E-state index is 11.1. The number of aromatic hydroxyl groups is 1. The summed E-state index contributed by atoms with van der Waals surface area (Å²) in [4.78, 5) is 13.9. The molecule has 1 aromatic carbocycles. The van der Waals surface area contributed by atoms with Crippen LogP contribution in [0.3, 0.4) is 0 Å². The van der Waals surface area contributed by atoms with Gasteiger partial charge in [-0.2, -0.15) is 0 Å². The van der Waals surface area contributed by atoms with Crippen LogP contribution in [-0.2, 0) is 6.42 Å². The maximum Gasteiger partial charge on any atom is 0.311 e. The lowest BCUT2D eigenvalue weighted by Crippen LogP contribution is -1.93. The van der Waals surface area contributed by atoms with Crippen LogP contribution in [0.15, 0.2) is 34.7 Å². The zero-order valence-corrected chi connectivity index (χ0v) is 14.1. The number of aromatic nitrogens is 1. The highest BCUT2D eigenvalue weighted by molar-refractivity contribution is 7.73. The normalized spacial score (nSPS) is 10.7. The van der Waals surface area contributed by atoms with Crippen molar-refractivity contribution >= 4 is 29.2 Å². The molecule has 0 aliphatic carbocycles. The van der Waals surface area contributed by atoms with E-state index in [0.29, 0.717) is 32.3 Å². The van der Waals surface area contributed by atoms with Gasteiger partial charge in [-0.25, -0.2) is 0 Å². The zero-order valence-electron chi connectivity index (χ0n) is 12.4. The second kappa shape index (κ2) is 6.46. The maximum atomic E-state index is 11.1. The molecule has 0 atom stereocenters. The number of ether oxygens (including phenoxy) is 1. The fourth-order valence-electron chi connectivity index (χ4n) is 2.24. The van der Waals surface area contributed by atoms with E-state index >= 15 is 0 Å². The summed E-state index contributed by atoms with van der Waals surface area (Å²) in [6.07, 6.45) is 0.377. The quantitative estimate of drug-likeness (QED) is 0.398. The van der Waals surface area contributed by atoms with Crippen molar-refractivity contribution in [1.82, 2.24) is 4.98 Å². The second-order valence-corrected chi connectivity index (χ2v) is 6.64. The van der Waals surface area contributed by atoms with Crippen LogP contribution < -0.4 is 4.74 Å². The number of nitrogens with zero attached hydrogens (tertiary/aromatic N) is 1. The molecule has 2 heterocycles. The molecule has 2 N–H and O–H groups in total. The van der Waals surface area contributed by atoms with Gasteiger partial charge in [0.25, 0.3) is 0 Å². The molecule has 0 amide bonds. The van der Waals surface area contributed by atoms with Crippen molar-refractivity contribution in [2.75, 3.05) is 7.11 Å². The summed E-state index contributed by atoms with van der Waals surface area (Å²) in [6, 6.07) is 8.10. The molecule has 0 aliphatic rings. The molecule has 0 fully saturated rings. The predicted octanol–water partition coefficient (Wildman–Crippen LogP) is 4.28. The van der Waals surface area contributed by atoms with Crippen molar-refractivity contribution < 1.29 is 19.2 Å². The van der Waals surface area contributed by atoms with Crippen molar-refractivity contribution in [1.29, 1.82) is 0 Å². The molecule has 3 rings (SSSR count). The molecule has 0 radical (unpaired) electrons. The van der Waals surface area contributed by atoms with E-state index in [0.717, 1.165) is 0 Å². The smallest absolute Gasteiger partial charge is 0.311 e. The first-order chi connectivity index (χ1) is 11.5. The van der Waals surface area contributed by atoms with E-state index < -0.39 is 4.92 Å². The molecule has 3 aromatic rings. The van der Waals surface area contributed by atoms with Crippen LogP contribution in [0.4, 0.5) is 5.69 Å². The van der Waals surface area contributed by atoms with E-state index in [9.17, 15) is 15.2 Å². The Hall–Kier alpha value is -2.65. The Bertz CT molecular complexity index is 957. The number of H-pyrrole nitrogens is 1. The highest BCUT2D eigenvalue weighted by Gasteiger charge is 2.17. The van der Waals surface area contributed by atoms with Crippen molar-refractivity contribution in [2.24, 2.45) is 0 Å². The number of furan rings is 1. The fourth-order valence-corrected chi connectivity index (χ4v) is 3.38. The third-order valence-electron chi connectivity index (χ3n) is 3.36. The van der Waals surface area contributed by atoms with E-state index in [1.165, 1.54) is 30.6 Å². The first-order valence-electron chi connectivity index (χ1n) is 6.80. The van der Waals surface area contributed by atoms with Gasteiger partial charge in [-0.1, -0.05) is 0 Å². The molecular weight excluding hydrogens is 352 g/mol. The minimum Gasteiger partial charge on any atom is -0.494 e. The number of hydrogen-bond acceptors (Lipinski definition) is 7. The summed E-state index contributed by atoms with van der Waals surface area (Å²) in [7, 11) is 1.38. The Morgan fingerprint density at radius 3 is 2.83 bits per heavy atom. The van der Waals surface area contributed by atoms with Crippen LogP contribution in [-0.4, -0.2) is 22.1 Å². The molecule has 0 bridgehead atoms. The van der Waals surface area contributed by atoms with Crippen molar-refractivity contribution in [3.63, 3.8) is 0 Å². The number of aromatic amines is 1. The molecule has 24 heavy (non-hydrogen) atoms. The summed E-state index contributed by atoms with van der Waals surface area (Å²) < 4.78 is 11.2. The molecule has 7 nitrogen and oxygen atoms in total. The third-order valence-corrected chi connectivity index (χ3v) is 4.58. The molecule has 2 aromatic heterocycles. The van der Waals surface area contributed by atoms with E-state index in [2.05, 4.69) is 4.98 Å². The van der Waals surface area contributed by atoms with Gasteiger partial charge in [-0.05, 0) is 36.5 Å². The van der Waals surface area contributed by atoms with Gasteiger partial charge in [-0.15, -0.1) is 11.3 Å². The molecule has 0 aliphatic heterocycles. The minimum atomic E-state index is -0.503. The lowest BCUT2D eigenvalue weighted by Gasteiger charge is -2.03. The monoisotopic (exact) mass is 364 g/mol. The topological polar surface area (TPSA) is 102 Å². The fraction of sp³-hybridized carbons (Fsp3) is 0.133. The average molecular weight is 364 g/mol. The standard InChI is InChI=1S/C15H12N2O5S2/c1-21-12-4-2-8(6-10(12)17(19)20)11-5-3-9(22-11)7-13-14(18)16-15(23)24-13/h2-6,18H,7H2,1H3,(H,16,23). The van der Waals surface area contributed by atoms with Crippen LogP contribution >= 0.6 is 23.6 Å². The number of benzene rings is 1. The highest BCUT2D eigenvalue weighted by Crippen LogP contribution is 2.33. The SMILES string of the molecule is COc1ccc(-c2ccc(Cc3sc(=S)[nH]c3O)o2)cc1[N+](=O)[O-]. The average Bonchev–Trinajstić information content (AvgIpc) is 3.13. The number of methoxy groups -OCH3 is 1. The van der Waals surface area contributed by atoms with Gasteiger partial charge in [-0.3, -0.25) is 10.1 Å². The van der Waals surface area contributed by atoms with Crippen molar-refractivity contribution in [3.8, 4) is 23.0 Å². The summed E-state index contributed by atoms with van der Waals surface area (Å²) in [6.45, 7) is 0. The lowest BCUT2D eigenvalue weighted by atomic mass is 10.1. The summed E-state index contributed by atoms with van der Waals surface area (Å²) >= 11 is 6.25. The first kappa shape index (κ1) is 16.2. The Kier molecular flexibility index (Phi) is 4.36. The van der Waals surface area contributed by atoms with E-state index in [4.69, 9.17) is 21.4 Å². The number of nitro groups is 1. The number of hydrogen-bond donors (Lipinski definition) is 2. The molecule has 9 heteroatoms. The Balaban J connectivity index is 1.90. The van der Waals surface area contributed by atoms with Gasteiger partial charge in [0.05, 0.1) is 16.9 Å². The number of nitro benzene ring substituents is 1. The second-order valence-electron chi connectivity index (χ2n) is 4.87. The number of nitrogens with one attached hydrogen (secondary N) is 1. The highest BCUT2D eigenvalue weighted by atomic mass is 32.1. The van der Waals surface area contributed by atoms with E-state index in [-0.39, 0.29) is 17.3 Å². The lowest BCUT2D eigenvalue weighted by molar-refractivity contribution is -0.385. The van der Waals surface area contributed by atoms with Crippen LogP contribution in [0.2, 0.25) is 0 Å². The first-order valence-corrected chi connectivity index (χ1v) is 8.03. The predicted molar refractivity (Wildman–Crippen MR) is 91.3 cm³/mol. The largest absolute Gasteiger partial charge is 0.494 e. The van der Waals surface area contributed by atoms with Gasteiger partial charge >= 0.3 is 5.69 Å². The molecule has 0 saturated heterocycles. The number of thiazole rings is 1. The molecule has 124 valence electrons. The molecule has 0 spiro atoms. The van der Waals surface area contributed by atoms with Gasteiger partial charge < -0.3 is 19.2 Å². The Morgan fingerprint density at radius 1 is 1.42 bits per heavy atom. The van der Waals surface area contributed by atoms with Crippen LogP contribution in [0.1, 0.15) is 10.6 Å². The third kappa shape index (κ3) is 3.17. The minimum absolute atomic E-state index is 0.0306. The summed E-state index contributed by atoms with van der Waals surface area (Å²) in [5.74, 6) is 1.33. The van der Waals surface area contributed by atoms with Crippen LogP contribution in [0, 0.1) is 14.1 Å². The van der Waals surface area contributed by atoms with Crippen LogP contribution in [0.25, 0.3) is 11.3 Å². The van der Waals surface area contributed by atoms with Gasteiger partial charge in [0.1, 0.15) is 11.5 Å². The zero-order chi connectivity index (χ0) is 17.3. The summed E-state index contributed by atoms with van der Waals surface area (Å²) in [5, 5.41) is 20.8. The van der Waals surface area contributed by atoms with Crippen molar-refractivity contribution in [2.45, 2.75) is 6.42 Å². The Labute approximate surface area is 145 Å². The van der Waals surface area contributed by atoms with Gasteiger partial charge in [0, 0.05) is 18.1 Å². The molecule has 0 saturated carbocycles. The molecular formula is C15H12N2O5S2. The van der Waals surface area contributed by atoms with Gasteiger partial charge in [0.2, 0.25) is 5.88 Å². The van der Waals surface area contributed by atoms with E-state index in [1.54, 1.807) is 18.2 Å². The Morgan fingerprint density at radius 2 is 2.21 bits per heavy atom. The number of rotatable bonds is 5. The van der Waals surface area contributed by atoms with Crippen molar-refractivity contribution in [3.05, 3.63) is 55.0 Å². The summed E-state index contributed by atoms with van der Waals surface area (Å²) in [5.41, 5.74) is 0.439. The van der Waals surface area contributed by atoms with Crippen LogP contribution in [0.5, 0.6) is 11.6 Å².